The van der Waals surface area contributed by atoms with E-state index in [9.17, 15) is 18.0 Å². The predicted molar refractivity (Wildman–Crippen MR) is 163 cm³/mol. The smallest absolute Gasteiger partial charge is 0.406 e. The molecule has 0 aliphatic carbocycles. The van der Waals surface area contributed by atoms with Crippen LogP contribution in [0, 0.1) is 6.92 Å². The highest BCUT2D eigenvalue weighted by atomic mass is 32.1. The quantitative estimate of drug-likeness (QED) is 0.176. The van der Waals surface area contributed by atoms with E-state index >= 15 is 4.39 Å². The zero-order chi connectivity index (χ0) is 32.3. The van der Waals surface area contributed by atoms with Gasteiger partial charge in [0.25, 0.3) is 0 Å². The van der Waals surface area contributed by atoms with Crippen molar-refractivity contribution in [2.75, 3.05) is 0 Å². The highest BCUT2D eigenvalue weighted by molar-refractivity contribution is 7.07. The molecular formula is C32H30F4N6O2S. The first-order chi connectivity index (χ1) is 21.4. The number of urea groups is 1. The number of ether oxygens (including phenoxy) is 1. The van der Waals surface area contributed by atoms with Crippen LogP contribution in [0.3, 0.4) is 0 Å². The number of para-hydroxylation sites is 1. The molecule has 1 N–H and O–H groups in total. The summed E-state index contributed by atoms with van der Waals surface area (Å²) >= 11 is 1.34. The van der Waals surface area contributed by atoms with Gasteiger partial charge in [0, 0.05) is 16.6 Å². The number of carbonyl (C=O) groups excluding carboxylic acids is 1. The third-order valence-corrected chi connectivity index (χ3v) is 7.92. The van der Waals surface area contributed by atoms with Crippen LogP contribution in [0.25, 0.3) is 22.8 Å². The number of nitrogens with one attached hydrogen (secondary N) is 1. The fourth-order valence-corrected chi connectivity index (χ4v) is 5.62. The molecule has 13 heteroatoms. The van der Waals surface area contributed by atoms with Gasteiger partial charge < -0.3 is 10.1 Å². The Morgan fingerprint density at radius 1 is 1.00 bits per heavy atom. The van der Waals surface area contributed by atoms with Crippen LogP contribution in [-0.4, -0.2) is 37.8 Å². The molecule has 2 atom stereocenters. The zero-order valence-electron chi connectivity index (χ0n) is 24.8. The number of alkyl halides is 4. The van der Waals surface area contributed by atoms with Crippen molar-refractivity contribution in [3.63, 3.8) is 0 Å². The fourth-order valence-electron chi connectivity index (χ4n) is 4.76. The molecular weight excluding hydrogens is 608 g/mol. The zero-order valence-corrected chi connectivity index (χ0v) is 25.6. The molecule has 0 aliphatic heterocycles. The van der Waals surface area contributed by atoms with E-state index in [0.717, 1.165) is 16.9 Å². The van der Waals surface area contributed by atoms with Crippen molar-refractivity contribution in [2.45, 2.75) is 52.2 Å². The largest absolute Gasteiger partial charge is 0.573 e. The summed E-state index contributed by atoms with van der Waals surface area (Å²) in [4.78, 5) is 21.9. The number of nitrogens with zero attached hydrogens (tertiary/aromatic N) is 5. The molecule has 3 aromatic carbocycles. The molecule has 2 heterocycles. The summed E-state index contributed by atoms with van der Waals surface area (Å²) in [6.07, 6.45) is -4.87. The molecule has 2 amide bonds. The van der Waals surface area contributed by atoms with Gasteiger partial charge in [-0.1, -0.05) is 56.3 Å². The topological polar surface area (TPSA) is 86.3 Å². The summed E-state index contributed by atoms with van der Waals surface area (Å²) in [5.41, 5.74) is 4.43. The number of rotatable bonds is 8. The van der Waals surface area contributed by atoms with Crippen molar-refractivity contribution in [1.82, 2.24) is 24.6 Å². The molecule has 45 heavy (non-hydrogen) atoms. The Morgan fingerprint density at radius 2 is 1.69 bits per heavy atom. The first-order valence-electron chi connectivity index (χ1n) is 14.0. The average molecular weight is 639 g/mol. The Balaban J connectivity index is 1.26. The molecule has 0 radical (unpaired) electrons. The number of benzene rings is 3. The van der Waals surface area contributed by atoms with Gasteiger partial charge in [-0.05, 0) is 61.2 Å². The minimum Gasteiger partial charge on any atom is -0.406 e. The van der Waals surface area contributed by atoms with Crippen molar-refractivity contribution >= 4 is 17.4 Å². The van der Waals surface area contributed by atoms with E-state index in [1.54, 1.807) is 31.2 Å². The second-order valence-corrected chi connectivity index (χ2v) is 11.5. The van der Waals surface area contributed by atoms with E-state index in [4.69, 9.17) is 0 Å². The van der Waals surface area contributed by atoms with Crippen LogP contribution in [0.4, 0.5) is 22.4 Å². The van der Waals surface area contributed by atoms with Gasteiger partial charge in [-0.25, -0.2) is 18.9 Å². The Hall–Kier alpha value is -4.78. The van der Waals surface area contributed by atoms with Gasteiger partial charge in [-0.3, -0.25) is 4.57 Å². The molecule has 5 aromatic rings. The highest BCUT2D eigenvalue weighted by Crippen LogP contribution is 2.27. The molecule has 0 aliphatic rings. The van der Waals surface area contributed by atoms with Crippen LogP contribution in [0.1, 0.15) is 49.7 Å². The molecule has 0 bridgehead atoms. The van der Waals surface area contributed by atoms with Crippen molar-refractivity contribution in [1.29, 1.82) is 0 Å². The second-order valence-electron chi connectivity index (χ2n) is 10.6. The third-order valence-electron chi connectivity index (χ3n) is 6.98. The minimum absolute atomic E-state index is 0.266. The molecule has 0 saturated carbocycles. The van der Waals surface area contributed by atoms with Gasteiger partial charge in [-0.15, -0.1) is 29.6 Å². The lowest BCUT2D eigenvalue weighted by molar-refractivity contribution is -0.274. The van der Waals surface area contributed by atoms with Gasteiger partial charge in [0.15, 0.2) is 10.6 Å². The monoisotopic (exact) mass is 638 g/mol. The van der Waals surface area contributed by atoms with Crippen LogP contribution < -0.4 is 14.9 Å². The number of amides is 2. The number of hydrogen-bond donors (Lipinski definition) is 1. The van der Waals surface area contributed by atoms with Gasteiger partial charge in [0.05, 0.1) is 17.4 Å². The maximum atomic E-state index is 15.4. The number of thiazole rings is 1. The summed E-state index contributed by atoms with van der Waals surface area (Å²) < 4.78 is 59.9. The Labute approximate surface area is 260 Å². The maximum absolute atomic E-state index is 15.4. The molecule has 5 rings (SSSR count). The number of aryl methyl sites for hydroxylation is 1. The lowest BCUT2D eigenvalue weighted by atomic mass is 10.0. The molecule has 2 unspecified atom stereocenters. The van der Waals surface area contributed by atoms with E-state index in [0.29, 0.717) is 27.4 Å². The summed E-state index contributed by atoms with van der Waals surface area (Å²) in [6, 6.07) is 18.1. The van der Waals surface area contributed by atoms with Crippen LogP contribution in [-0.2, 0) is 0 Å². The molecule has 234 valence electrons. The Bertz CT molecular complexity index is 1840. The lowest BCUT2D eigenvalue weighted by Crippen LogP contribution is -2.35. The number of aromatic nitrogens is 4. The van der Waals surface area contributed by atoms with E-state index in [1.165, 1.54) is 46.6 Å². The summed E-state index contributed by atoms with van der Waals surface area (Å²) in [5, 5.41) is 8.94. The molecule has 0 spiro atoms. The average Bonchev–Trinajstić information content (AvgIpc) is 3.63. The maximum Gasteiger partial charge on any atom is 0.573 e. The van der Waals surface area contributed by atoms with Gasteiger partial charge in [-0.2, -0.15) is 4.99 Å². The van der Waals surface area contributed by atoms with E-state index in [-0.39, 0.29) is 11.7 Å². The third kappa shape index (κ3) is 7.48. The number of carbonyl (C=O) groups is 1. The van der Waals surface area contributed by atoms with Crippen LogP contribution in [0.15, 0.2) is 89.5 Å². The van der Waals surface area contributed by atoms with E-state index < -0.39 is 24.6 Å². The predicted octanol–water partition coefficient (Wildman–Crippen LogP) is 7.83. The van der Waals surface area contributed by atoms with Gasteiger partial charge >= 0.3 is 12.4 Å². The van der Waals surface area contributed by atoms with Crippen LogP contribution in [0.5, 0.6) is 5.75 Å². The van der Waals surface area contributed by atoms with Crippen molar-refractivity contribution in [3.05, 3.63) is 106 Å². The molecule has 2 aromatic heterocycles. The molecule has 0 saturated heterocycles. The SMILES string of the molecule is Cc1csc(=NC(=O)NC(C)C(F)c2ccc(-c3ncn(-c4ccc(OC(F)(F)F)cc4)n3)cc2)n1-c1ccccc1C(C)C. The standard InChI is InChI=1S/C32H30F4N6O2S/c1-19(2)26-7-5-6-8-27(26)42-20(3)17-45-31(42)39-30(43)38-21(4)28(33)22-9-11-23(12-10-22)29-37-18-41(40-29)24-13-15-25(16-14-24)44-32(34,35)36/h5-19,21,28H,1-4H3,(H,38,43). The van der Waals surface area contributed by atoms with E-state index in [2.05, 4.69) is 45.0 Å². The van der Waals surface area contributed by atoms with Crippen molar-refractivity contribution in [3.8, 4) is 28.5 Å². The Morgan fingerprint density at radius 3 is 2.36 bits per heavy atom. The van der Waals surface area contributed by atoms with E-state index in [1.807, 2.05) is 35.1 Å². The second kappa shape index (κ2) is 13.1. The van der Waals surface area contributed by atoms with Gasteiger partial charge in [0.2, 0.25) is 0 Å². The number of hydrogen-bond acceptors (Lipinski definition) is 5. The Kier molecular flexibility index (Phi) is 9.19. The van der Waals surface area contributed by atoms with Crippen LogP contribution >= 0.6 is 11.3 Å². The van der Waals surface area contributed by atoms with Crippen LogP contribution in [0.2, 0.25) is 0 Å². The summed E-state index contributed by atoms with van der Waals surface area (Å²) in [6.45, 7) is 7.73. The van der Waals surface area contributed by atoms with Crippen molar-refractivity contribution < 1.29 is 27.1 Å². The first-order valence-corrected chi connectivity index (χ1v) is 14.9. The molecule has 8 nitrogen and oxygen atoms in total. The summed E-state index contributed by atoms with van der Waals surface area (Å²) in [7, 11) is 0. The van der Waals surface area contributed by atoms with Crippen molar-refractivity contribution in [2.24, 2.45) is 4.99 Å². The van der Waals surface area contributed by atoms with Gasteiger partial charge in [0.1, 0.15) is 18.2 Å². The summed E-state index contributed by atoms with van der Waals surface area (Å²) in [5.74, 6) is 0.258. The minimum atomic E-state index is -4.78. The first kappa shape index (κ1) is 31.6. The lowest BCUT2D eigenvalue weighted by Gasteiger charge is -2.18. The normalized spacial score (nSPS) is 13.6. The molecule has 0 fully saturated rings. The fraction of sp³-hybridized carbons (Fsp3) is 0.250. The highest BCUT2D eigenvalue weighted by Gasteiger charge is 2.31. The number of halogens is 4.